The van der Waals surface area contributed by atoms with Crippen LogP contribution in [0.2, 0.25) is 0 Å². The van der Waals surface area contributed by atoms with Gasteiger partial charge < -0.3 is 5.11 Å². The van der Waals surface area contributed by atoms with Crippen LogP contribution in [0.1, 0.15) is 40.0 Å². The van der Waals surface area contributed by atoms with Crippen molar-refractivity contribution >= 4 is 0 Å². The highest BCUT2D eigenvalue weighted by Gasteiger charge is 2.35. The number of likely N-dealkylation sites (tertiary alicyclic amines) is 1. The van der Waals surface area contributed by atoms with E-state index < -0.39 is 0 Å². The van der Waals surface area contributed by atoms with E-state index in [1.807, 2.05) is 0 Å². The lowest BCUT2D eigenvalue weighted by Gasteiger charge is -2.42. The molecule has 0 amide bonds. The quantitative estimate of drug-likeness (QED) is 0.773. The van der Waals surface area contributed by atoms with Crippen molar-refractivity contribution in [3.8, 4) is 0 Å². The zero-order chi connectivity index (χ0) is 11.0. The van der Waals surface area contributed by atoms with Crippen LogP contribution in [0.3, 0.4) is 0 Å². The normalized spacial score (nSPS) is 40.4. The van der Waals surface area contributed by atoms with Crippen LogP contribution in [0.5, 0.6) is 0 Å². The third-order valence-corrected chi connectivity index (χ3v) is 4.31. The monoisotopic (exact) mass is 211 g/mol. The van der Waals surface area contributed by atoms with Crippen LogP contribution in [0.4, 0.5) is 0 Å². The maximum absolute atomic E-state index is 9.99. The summed E-state index contributed by atoms with van der Waals surface area (Å²) in [6.45, 7) is 9.07. The molecule has 2 fully saturated rings. The van der Waals surface area contributed by atoms with E-state index in [2.05, 4.69) is 25.7 Å². The van der Waals surface area contributed by atoms with Gasteiger partial charge in [0.1, 0.15) is 0 Å². The lowest BCUT2D eigenvalue weighted by atomic mass is 9.86. The predicted molar refractivity (Wildman–Crippen MR) is 62.7 cm³/mol. The first-order valence-corrected chi connectivity index (χ1v) is 6.50. The van der Waals surface area contributed by atoms with Gasteiger partial charge in [0.15, 0.2) is 0 Å². The molecule has 0 radical (unpaired) electrons. The van der Waals surface area contributed by atoms with Gasteiger partial charge in [-0.15, -0.1) is 0 Å². The zero-order valence-corrected chi connectivity index (χ0v) is 10.3. The van der Waals surface area contributed by atoms with Crippen molar-refractivity contribution in [3.63, 3.8) is 0 Å². The number of aliphatic hydroxyl groups is 1. The molecule has 88 valence electrons. The molecule has 0 aromatic rings. The van der Waals surface area contributed by atoms with Crippen molar-refractivity contribution in [1.29, 1.82) is 0 Å². The number of hydrogen-bond acceptors (Lipinski definition) is 2. The van der Waals surface area contributed by atoms with Gasteiger partial charge in [0.05, 0.1) is 6.10 Å². The van der Waals surface area contributed by atoms with E-state index in [1.54, 1.807) is 0 Å². The van der Waals surface area contributed by atoms with Gasteiger partial charge in [0.2, 0.25) is 0 Å². The van der Waals surface area contributed by atoms with Crippen LogP contribution in [-0.4, -0.2) is 35.2 Å². The van der Waals surface area contributed by atoms with Crippen molar-refractivity contribution in [2.45, 2.75) is 52.2 Å². The number of nitrogens with zero attached hydrogens (tertiary/aromatic N) is 1. The minimum absolute atomic E-state index is 0.0649. The van der Waals surface area contributed by atoms with Gasteiger partial charge in [-0.2, -0.15) is 0 Å². The molecule has 15 heavy (non-hydrogen) atoms. The standard InChI is InChI=1S/C13H25NO/c1-9-6-10(2)11(3)14(7-9)8-13(15)12-4-5-12/h9-13,15H,4-8H2,1-3H3. The second-order valence-electron chi connectivity index (χ2n) is 5.92. The van der Waals surface area contributed by atoms with Crippen molar-refractivity contribution in [3.05, 3.63) is 0 Å². The van der Waals surface area contributed by atoms with Gasteiger partial charge in [-0.25, -0.2) is 0 Å². The topological polar surface area (TPSA) is 23.5 Å². The summed E-state index contributed by atoms with van der Waals surface area (Å²) in [5, 5.41) is 9.99. The van der Waals surface area contributed by atoms with Gasteiger partial charge in [-0.05, 0) is 43.9 Å². The molecule has 2 heteroatoms. The smallest absolute Gasteiger partial charge is 0.0695 e. The van der Waals surface area contributed by atoms with Crippen LogP contribution in [0.25, 0.3) is 0 Å². The third-order valence-electron chi connectivity index (χ3n) is 4.31. The van der Waals surface area contributed by atoms with E-state index in [0.717, 1.165) is 18.4 Å². The molecule has 1 saturated heterocycles. The van der Waals surface area contributed by atoms with Crippen molar-refractivity contribution in [2.75, 3.05) is 13.1 Å². The summed E-state index contributed by atoms with van der Waals surface area (Å²) in [4.78, 5) is 2.50. The Morgan fingerprint density at radius 3 is 2.53 bits per heavy atom. The number of piperidine rings is 1. The van der Waals surface area contributed by atoms with Gasteiger partial charge in [-0.1, -0.05) is 13.8 Å². The molecule has 0 spiro atoms. The fourth-order valence-corrected chi connectivity index (χ4v) is 2.94. The Hall–Kier alpha value is -0.0800. The first-order valence-electron chi connectivity index (χ1n) is 6.50. The van der Waals surface area contributed by atoms with Gasteiger partial charge in [-0.3, -0.25) is 4.90 Å². The largest absolute Gasteiger partial charge is 0.392 e. The molecule has 0 aromatic carbocycles. The molecule has 4 unspecified atom stereocenters. The van der Waals surface area contributed by atoms with Crippen molar-refractivity contribution in [2.24, 2.45) is 17.8 Å². The van der Waals surface area contributed by atoms with E-state index in [-0.39, 0.29) is 6.10 Å². The molecule has 0 bridgehead atoms. The van der Waals surface area contributed by atoms with E-state index >= 15 is 0 Å². The van der Waals surface area contributed by atoms with Crippen LogP contribution < -0.4 is 0 Å². The van der Waals surface area contributed by atoms with E-state index in [0.29, 0.717) is 12.0 Å². The van der Waals surface area contributed by atoms with E-state index in [9.17, 15) is 5.11 Å². The van der Waals surface area contributed by atoms with Crippen molar-refractivity contribution < 1.29 is 5.11 Å². The minimum atomic E-state index is -0.0649. The zero-order valence-electron chi connectivity index (χ0n) is 10.3. The summed E-state index contributed by atoms with van der Waals surface area (Å²) in [5.41, 5.74) is 0. The first-order chi connectivity index (χ1) is 7.08. The second-order valence-corrected chi connectivity index (χ2v) is 5.92. The first kappa shape index (κ1) is 11.4. The molecular formula is C13H25NO. The summed E-state index contributed by atoms with van der Waals surface area (Å²) < 4.78 is 0. The number of rotatable bonds is 3. The Bertz CT molecular complexity index is 215. The molecule has 4 atom stereocenters. The van der Waals surface area contributed by atoms with Gasteiger partial charge in [0.25, 0.3) is 0 Å². The van der Waals surface area contributed by atoms with E-state index in [4.69, 9.17) is 0 Å². The second kappa shape index (κ2) is 4.42. The maximum Gasteiger partial charge on any atom is 0.0695 e. The SMILES string of the molecule is CC1CC(C)C(C)N(CC(O)C2CC2)C1. The minimum Gasteiger partial charge on any atom is -0.392 e. The Kier molecular flexibility index (Phi) is 3.36. The highest BCUT2D eigenvalue weighted by atomic mass is 16.3. The lowest BCUT2D eigenvalue weighted by Crippen LogP contribution is -2.48. The summed E-state index contributed by atoms with van der Waals surface area (Å²) in [7, 11) is 0. The fourth-order valence-electron chi connectivity index (χ4n) is 2.94. The summed E-state index contributed by atoms with van der Waals surface area (Å²) in [5.74, 6) is 2.19. The highest BCUT2D eigenvalue weighted by molar-refractivity contribution is 4.87. The molecule has 1 aliphatic carbocycles. The molecule has 1 aliphatic heterocycles. The summed E-state index contributed by atoms with van der Waals surface area (Å²) in [6, 6.07) is 0.648. The third kappa shape index (κ3) is 2.73. The average Bonchev–Trinajstić information content (AvgIpc) is 2.96. The Morgan fingerprint density at radius 2 is 1.93 bits per heavy atom. The molecule has 1 heterocycles. The van der Waals surface area contributed by atoms with Crippen LogP contribution in [0, 0.1) is 17.8 Å². The Morgan fingerprint density at radius 1 is 1.27 bits per heavy atom. The van der Waals surface area contributed by atoms with E-state index in [1.165, 1.54) is 25.8 Å². The number of aliphatic hydroxyl groups excluding tert-OH is 1. The highest BCUT2D eigenvalue weighted by Crippen LogP contribution is 2.34. The molecule has 2 nitrogen and oxygen atoms in total. The molecule has 2 aliphatic rings. The van der Waals surface area contributed by atoms with Crippen LogP contribution >= 0.6 is 0 Å². The van der Waals surface area contributed by atoms with Crippen LogP contribution in [0.15, 0.2) is 0 Å². The maximum atomic E-state index is 9.99. The molecule has 0 aromatic heterocycles. The number of hydrogen-bond donors (Lipinski definition) is 1. The van der Waals surface area contributed by atoms with Crippen molar-refractivity contribution in [1.82, 2.24) is 4.90 Å². The van der Waals surface area contributed by atoms with Gasteiger partial charge >= 0.3 is 0 Å². The van der Waals surface area contributed by atoms with Gasteiger partial charge in [0, 0.05) is 19.1 Å². The Labute approximate surface area is 93.7 Å². The Balaban J connectivity index is 1.88. The summed E-state index contributed by atoms with van der Waals surface area (Å²) in [6.07, 6.45) is 3.77. The molecule has 2 rings (SSSR count). The molecule has 1 saturated carbocycles. The number of β-amino-alcohol motifs (C(OH)–C–C–N with tert-alkyl or cyclic N) is 1. The average molecular weight is 211 g/mol. The predicted octanol–water partition coefficient (Wildman–Crippen LogP) is 2.12. The lowest BCUT2D eigenvalue weighted by molar-refractivity contribution is 0.0246. The molecular weight excluding hydrogens is 186 g/mol. The van der Waals surface area contributed by atoms with Crippen LogP contribution in [-0.2, 0) is 0 Å². The summed E-state index contributed by atoms with van der Waals surface area (Å²) >= 11 is 0. The molecule has 1 N–H and O–H groups in total. The fraction of sp³-hybridized carbons (Fsp3) is 1.00.